The van der Waals surface area contributed by atoms with Gasteiger partial charge in [0.05, 0.1) is 0 Å². The van der Waals surface area contributed by atoms with Crippen LogP contribution in [0.5, 0.6) is 0 Å². The summed E-state index contributed by atoms with van der Waals surface area (Å²) < 4.78 is 0. The normalized spacial score (nSPS) is 10.2. The van der Waals surface area contributed by atoms with Crippen LogP contribution in [0.15, 0.2) is 0 Å². The van der Waals surface area contributed by atoms with Crippen LogP contribution in [0.1, 0.15) is 17.5 Å². The lowest BCUT2D eigenvalue weighted by molar-refractivity contribution is -0.120. The van der Waals surface area contributed by atoms with E-state index in [1.54, 1.807) is 7.05 Å². The van der Waals surface area contributed by atoms with Crippen molar-refractivity contribution in [2.75, 3.05) is 25.5 Å². The highest BCUT2D eigenvalue weighted by molar-refractivity contribution is 6.30. The predicted octanol–water partition coefficient (Wildman–Crippen LogP) is 1.32. The monoisotopic (exact) mass is 256 g/mol. The fourth-order valence-electron chi connectivity index (χ4n) is 1.43. The van der Waals surface area contributed by atoms with E-state index in [2.05, 4.69) is 15.5 Å². The zero-order chi connectivity index (χ0) is 13.0. The van der Waals surface area contributed by atoms with Crippen LogP contribution in [-0.2, 0) is 4.79 Å². The van der Waals surface area contributed by atoms with Gasteiger partial charge in [0.15, 0.2) is 11.0 Å². The summed E-state index contributed by atoms with van der Waals surface area (Å²) in [5.74, 6) is 0.768. The van der Waals surface area contributed by atoms with Gasteiger partial charge in [-0.1, -0.05) is 11.6 Å². The van der Waals surface area contributed by atoms with Crippen molar-refractivity contribution in [3.05, 3.63) is 16.3 Å². The lowest BCUT2D eigenvalue weighted by Gasteiger charge is -2.20. The molecule has 1 aromatic heterocycles. The van der Waals surface area contributed by atoms with Crippen LogP contribution in [0.25, 0.3) is 0 Å². The molecule has 0 radical (unpaired) electrons. The minimum absolute atomic E-state index is 0.00754. The van der Waals surface area contributed by atoms with E-state index in [4.69, 9.17) is 11.6 Å². The number of nitrogens with zero attached hydrogens (tertiary/aromatic N) is 3. The quantitative estimate of drug-likeness (QED) is 0.883. The number of anilines is 1. The molecule has 0 saturated heterocycles. The Kier molecular flexibility index (Phi) is 4.69. The minimum atomic E-state index is 0.00754. The standard InChI is InChI=1S/C11H17ClN4O/c1-7-8(2)11(15-14-10(7)12)16(4)6-5-9(17)13-3/h5-6H2,1-4H3,(H,13,17). The number of rotatable bonds is 4. The Labute approximate surface area is 106 Å². The molecule has 1 rings (SSSR count). The Bertz CT molecular complexity index is 422. The highest BCUT2D eigenvalue weighted by Crippen LogP contribution is 2.22. The second kappa shape index (κ2) is 5.82. The van der Waals surface area contributed by atoms with Crippen LogP contribution in [0.2, 0.25) is 5.15 Å². The zero-order valence-electron chi connectivity index (χ0n) is 10.5. The molecular formula is C11H17ClN4O. The molecule has 0 atom stereocenters. The Morgan fingerprint density at radius 2 is 2.00 bits per heavy atom. The summed E-state index contributed by atoms with van der Waals surface area (Å²) in [6.45, 7) is 4.44. The number of hydrogen-bond donors (Lipinski definition) is 1. The Hall–Kier alpha value is -1.36. The average molecular weight is 257 g/mol. The van der Waals surface area contributed by atoms with Gasteiger partial charge < -0.3 is 10.2 Å². The molecule has 0 fully saturated rings. The SMILES string of the molecule is CNC(=O)CCN(C)c1nnc(Cl)c(C)c1C. The molecule has 1 N–H and O–H groups in total. The van der Waals surface area contributed by atoms with Crippen LogP contribution in [-0.4, -0.2) is 36.7 Å². The Balaban J connectivity index is 2.79. The number of halogens is 1. The topological polar surface area (TPSA) is 58.1 Å². The largest absolute Gasteiger partial charge is 0.359 e. The van der Waals surface area contributed by atoms with Crippen molar-refractivity contribution in [2.45, 2.75) is 20.3 Å². The third kappa shape index (κ3) is 3.30. The fourth-order valence-corrected chi connectivity index (χ4v) is 1.61. The molecule has 1 amide bonds. The number of amides is 1. The number of nitrogens with one attached hydrogen (secondary N) is 1. The van der Waals surface area contributed by atoms with Gasteiger partial charge in [0.1, 0.15) is 0 Å². The van der Waals surface area contributed by atoms with Crippen molar-refractivity contribution in [3.63, 3.8) is 0 Å². The van der Waals surface area contributed by atoms with Gasteiger partial charge in [-0.2, -0.15) is 0 Å². The van der Waals surface area contributed by atoms with Gasteiger partial charge in [0.2, 0.25) is 5.91 Å². The molecule has 5 nitrogen and oxygen atoms in total. The molecule has 0 saturated carbocycles. The maximum Gasteiger partial charge on any atom is 0.221 e. The van der Waals surface area contributed by atoms with E-state index < -0.39 is 0 Å². The summed E-state index contributed by atoms with van der Waals surface area (Å²) in [7, 11) is 3.51. The van der Waals surface area contributed by atoms with E-state index in [-0.39, 0.29) is 5.91 Å². The second-order valence-electron chi connectivity index (χ2n) is 3.91. The molecule has 0 bridgehead atoms. The lowest BCUT2D eigenvalue weighted by Crippen LogP contribution is -2.27. The number of aromatic nitrogens is 2. The molecular weight excluding hydrogens is 240 g/mol. The van der Waals surface area contributed by atoms with Crippen LogP contribution < -0.4 is 10.2 Å². The van der Waals surface area contributed by atoms with Gasteiger partial charge >= 0.3 is 0 Å². The van der Waals surface area contributed by atoms with Crippen molar-refractivity contribution in [3.8, 4) is 0 Å². The fraction of sp³-hybridized carbons (Fsp3) is 0.545. The maximum atomic E-state index is 11.2. The minimum Gasteiger partial charge on any atom is -0.359 e. The van der Waals surface area contributed by atoms with Crippen LogP contribution in [0, 0.1) is 13.8 Å². The van der Waals surface area contributed by atoms with Crippen molar-refractivity contribution in [1.29, 1.82) is 0 Å². The lowest BCUT2D eigenvalue weighted by atomic mass is 10.2. The van der Waals surface area contributed by atoms with Gasteiger partial charge in [-0.15, -0.1) is 10.2 Å². The molecule has 94 valence electrons. The Morgan fingerprint density at radius 1 is 1.35 bits per heavy atom. The molecule has 1 aromatic rings. The van der Waals surface area contributed by atoms with Crippen LogP contribution >= 0.6 is 11.6 Å². The third-order valence-electron chi connectivity index (χ3n) is 2.75. The first-order valence-electron chi connectivity index (χ1n) is 5.38. The van der Waals surface area contributed by atoms with E-state index in [1.807, 2.05) is 25.8 Å². The van der Waals surface area contributed by atoms with E-state index in [0.29, 0.717) is 18.1 Å². The molecule has 0 unspecified atom stereocenters. The van der Waals surface area contributed by atoms with Gasteiger partial charge in [-0.3, -0.25) is 4.79 Å². The van der Waals surface area contributed by atoms with Crippen LogP contribution in [0.3, 0.4) is 0 Å². The second-order valence-corrected chi connectivity index (χ2v) is 4.27. The average Bonchev–Trinajstić information content (AvgIpc) is 2.32. The predicted molar refractivity (Wildman–Crippen MR) is 68.5 cm³/mol. The highest BCUT2D eigenvalue weighted by atomic mass is 35.5. The molecule has 1 heterocycles. The van der Waals surface area contributed by atoms with Crippen molar-refractivity contribution < 1.29 is 4.79 Å². The first kappa shape index (κ1) is 13.7. The summed E-state index contributed by atoms with van der Waals surface area (Å²) in [5.41, 5.74) is 1.91. The maximum absolute atomic E-state index is 11.2. The number of carbonyl (C=O) groups is 1. The van der Waals surface area contributed by atoms with E-state index >= 15 is 0 Å². The summed E-state index contributed by atoms with van der Waals surface area (Å²) >= 11 is 5.88. The number of hydrogen-bond acceptors (Lipinski definition) is 4. The van der Waals surface area contributed by atoms with E-state index in [9.17, 15) is 4.79 Å². The van der Waals surface area contributed by atoms with Gasteiger partial charge in [0, 0.05) is 27.1 Å². The first-order chi connectivity index (χ1) is 7.97. The molecule has 0 aromatic carbocycles. The highest BCUT2D eigenvalue weighted by Gasteiger charge is 2.12. The Morgan fingerprint density at radius 3 is 2.59 bits per heavy atom. The van der Waals surface area contributed by atoms with E-state index in [0.717, 1.165) is 16.9 Å². The first-order valence-corrected chi connectivity index (χ1v) is 5.76. The summed E-state index contributed by atoms with van der Waals surface area (Å²) in [6, 6.07) is 0. The zero-order valence-corrected chi connectivity index (χ0v) is 11.3. The van der Waals surface area contributed by atoms with Gasteiger partial charge in [-0.05, 0) is 25.0 Å². The smallest absolute Gasteiger partial charge is 0.221 e. The summed E-state index contributed by atoms with van der Waals surface area (Å²) in [5, 5.41) is 10.9. The number of carbonyl (C=O) groups excluding carboxylic acids is 1. The van der Waals surface area contributed by atoms with E-state index in [1.165, 1.54) is 0 Å². The molecule has 0 spiro atoms. The molecule has 0 aliphatic heterocycles. The molecule has 6 heteroatoms. The van der Waals surface area contributed by atoms with Gasteiger partial charge in [-0.25, -0.2) is 0 Å². The summed E-state index contributed by atoms with van der Waals surface area (Å²) in [4.78, 5) is 13.1. The van der Waals surface area contributed by atoms with Gasteiger partial charge in [0.25, 0.3) is 0 Å². The van der Waals surface area contributed by atoms with Crippen molar-refractivity contribution in [1.82, 2.24) is 15.5 Å². The van der Waals surface area contributed by atoms with Crippen molar-refractivity contribution >= 4 is 23.3 Å². The molecule has 0 aliphatic carbocycles. The summed E-state index contributed by atoms with van der Waals surface area (Å²) in [6.07, 6.45) is 0.426. The third-order valence-corrected chi connectivity index (χ3v) is 3.11. The van der Waals surface area contributed by atoms with Crippen LogP contribution in [0.4, 0.5) is 5.82 Å². The molecule has 17 heavy (non-hydrogen) atoms. The van der Waals surface area contributed by atoms with Crippen molar-refractivity contribution in [2.24, 2.45) is 0 Å². The molecule has 0 aliphatic rings.